The quantitative estimate of drug-likeness (QED) is 0.709. The highest BCUT2D eigenvalue weighted by Crippen LogP contribution is 2.39. The fourth-order valence-electron chi connectivity index (χ4n) is 2.71. The van der Waals surface area contributed by atoms with Crippen LogP contribution in [0.3, 0.4) is 0 Å². The Kier molecular flexibility index (Phi) is 4.24. The first kappa shape index (κ1) is 16.8. The number of carbonyl (C=O) groups is 1. The van der Waals surface area contributed by atoms with Crippen molar-refractivity contribution >= 4 is 23.3 Å². The van der Waals surface area contributed by atoms with Gasteiger partial charge in [0.25, 0.3) is 0 Å². The maximum absolute atomic E-state index is 13.3. The number of nitrogens with zero attached hydrogens (tertiary/aromatic N) is 3. The molecule has 1 saturated carbocycles. The standard InChI is InChI=1S/C18H17ClFN5O/c1-10(18(26)21-17-9-16(22-23-17)11-2-3-11)15-6-7-25(24-15)12-4-5-14(20)13(19)8-12/h4-11H,2-3H2,1H3,(H2,21,22,23,26)/t10-/m1/s1. The van der Waals surface area contributed by atoms with Crippen LogP contribution in [-0.4, -0.2) is 25.9 Å². The Morgan fingerprint density at radius 1 is 1.38 bits per heavy atom. The van der Waals surface area contributed by atoms with E-state index < -0.39 is 11.7 Å². The van der Waals surface area contributed by atoms with Crippen molar-refractivity contribution in [3.05, 3.63) is 58.8 Å². The maximum Gasteiger partial charge on any atom is 0.234 e. The maximum atomic E-state index is 13.3. The molecule has 2 N–H and O–H groups in total. The molecule has 0 spiro atoms. The summed E-state index contributed by atoms with van der Waals surface area (Å²) < 4.78 is 14.9. The molecule has 1 aliphatic rings. The molecule has 26 heavy (non-hydrogen) atoms. The number of hydrogen-bond acceptors (Lipinski definition) is 3. The largest absolute Gasteiger partial charge is 0.309 e. The van der Waals surface area contributed by atoms with E-state index >= 15 is 0 Å². The molecule has 0 saturated heterocycles. The van der Waals surface area contributed by atoms with E-state index in [1.54, 1.807) is 29.9 Å². The van der Waals surface area contributed by atoms with Crippen LogP contribution in [0.2, 0.25) is 5.02 Å². The number of aromatic amines is 1. The molecule has 1 atom stereocenters. The van der Waals surface area contributed by atoms with Crippen molar-refractivity contribution in [2.45, 2.75) is 31.6 Å². The van der Waals surface area contributed by atoms with Gasteiger partial charge in [0, 0.05) is 23.9 Å². The van der Waals surface area contributed by atoms with Crippen LogP contribution in [0.1, 0.15) is 43.0 Å². The predicted octanol–water partition coefficient (Wildman–Crippen LogP) is 4.01. The lowest BCUT2D eigenvalue weighted by molar-refractivity contribution is -0.117. The minimum Gasteiger partial charge on any atom is -0.309 e. The van der Waals surface area contributed by atoms with E-state index in [4.69, 9.17) is 11.6 Å². The highest BCUT2D eigenvalue weighted by Gasteiger charge is 2.26. The number of amides is 1. The average molecular weight is 374 g/mol. The molecule has 3 aromatic rings. The summed E-state index contributed by atoms with van der Waals surface area (Å²) in [5.74, 6) is -0.0769. The van der Waals surface area contributed by atoms with Crippen LogP contribution >= 0.6 is 11.6 Å². The third-order valence-electron chi connectivity index (χ3n) is 4.48. The highest BCUT2D eigenvalue weighted by molar-refractivity contribution is 6.30. The Bertz CT molecular complexity index is 962. The highest BCUT2D eigenvalue weighted by atomic mass is 35.5. The van der Waals surface area contributed by atoms with Crippen molar-refractivity contribution in [1.29, 1.82) is 0 Å². The molecule has 1 fully saturated rings. The molecule has 8 heteroatoms. The second-order valence-electron chi connectivity index (χ2n) is 6.48. The van der Waals surface area contributed by atoms with Crippen LogP contribution in [0, 0.1) is 5.82 Å². The summed E-state index contributed by atoms with van der Waals surface area (Å²) in [7, 11) is 0. The van der Waals surface area contributed by atoms with Crippen molar-refractivity contribution < 1.29 is 9.18 Å². The third-order valence-corrected chi connectivity index (χ3v) is 4.77. The minimum atomic E-state index is -0.486. The van der Waals surface area contributed by atoms with Gasteiger partial charge in [-0.05, 0) is 44.0 Å². The number of aromatic nitrogens is 4. The molecule has 1 aromatic carbocycles. The van der Waals surface area contributed by atoms with Gasteiger partial charge in [0.2, 0.25) is 5.91 Å². The minimum absolute atomic E-state index is 0.0235. The van der Waals surface area contributed by atoms with Crippen molar-refractivity contribution in [2.24, 2.45) is 0 Å². The van der Waals surface area contributed by atoms with Crippen LogP contribution in [0.5, 0.6) is 0 Å². The Hall–Kier alpha value is -2.67. The van der Waals surface area contributed by atoms with Crippen LogP contribution < -0.4 is 5.32 Å². The fraction of sp³-hybridized carbons (Fsp3) is 0.278. The molecule has 0 bridgehead atoms. The SMILES string of the molecule is C[C@@H](C(=O)Nc1cc(C2CC2)[nH]n1)c1ccn(-c2ccc(F)c(Cl)c2)n1. The van der Waals surface area contributed by atoms with Gasteiger partial charge in [0.15, 0.2) is 5.82 Å². The monoisotopic (exact) mass is 373 g/mol. The average Bonchev–Trinajstić information content (AvgIpc) is 3.17. The Balaban J connectivity index is 1.46. The first-order valence-corrected chi connectivity index (χ1v) is 8.76. The molecule has 6 nitrogen and oxygen atoms in total. The molecule has 0 aliphatic heterocycles. The van der Waals surface area contributed by atoms with Crippen molar-refractivity contribution in [3.63, 3.8) is 0 Å². The number of anilines is 1. The molecule has 0 unspecified atom stereocenters. The fourth-order valence-corrected chi connectivity index (χ4v) is 2.89. The second-order valence-corrected chi connectivity index (χ2v) is 6.88. The third kappa shape index (κ3) is 3.35. The zero-order valence-corrected chi connectivity index (χ0v) is 14.8. The topological polar surface area (TPSA) is 75.6 Å². The zero-order valence-electron chi connectivity index (χ0n) is 14.0. The molecule has 1 amide bonds. The van der Waals surface area contributed by atoms with E-state index in [9.17, 15) is 9.18 Å². The molecule has 0 radical (unpaired) electrons. The number of H-pyrrole nitrogens is 1. The van der Waals surface area contributed by atoms with Crippen LogP contribution in [0.4, 0.5) is 10.2 Å². The molecule has 2 aromatic heterocycles. The van der Waals surface area contributed by atoms with Crippen molar-refractivity contribution in [2.75, 3.05) is 5.32 Å². The first-order chi connectivity index (χ1) is 12.5. The van der Waals surface area contributed by atoms with E-state index in [2.05, 4.69) is 20.6 Å². The lowest BCUT2D eigenvalue weighted by atomic mass is 10.1. The lowest BCUT2D eigenvalue weighted by Crippen LogP contribution is -2.19. The van der Waals surface area contributed by atoms with Crippen molar-refractivity contribution in [3.8, 4) is 5.69 Å². The summed E-state index contributed by atoms with van der Waals surface area (Å²) in [6, 6.07) is 7.97. The van der Waals surface area contributed by atoms with Crippen LogP contribution in [0.15, 0.2) is 36.5 Å². The summed E-state index contributed by atoms with van der Waals surface area (Å²) in [6.07, 6.45) is 4.04. The number of nitrogens with one attached hydrogen (secondary N) is 2. The van der Waals surface area contributed by atoms with E-state index in [1.165, 1.54) is 12.1 Å². The number of halogens is 2. The first-order valence-electron chi connectivity index (χ1n) is 8.38. The Morgan fingerprint density at radius 3 is 2.92 bits per heavy atom. The summed E-state index contributed by atoms with van der Waals surface area (Å²) in [4.78, 5) is 12.5. The predicted molar refractivity (Wildman–Crippen MR) is 96.1 cm³/mol. The molecule has 2 heterocycles. The van der Waals surface area contributed by atoms with Gasteiger partial charge in [-0.3, -0.25) is 9.89 Å². The van der Waals surface area contributed by atoms with Gasteiger partial charge in [0.05, 0.1) is 22.3 Å². The summed E-state index contributed by atoms with van der Waals surface area (Å²) in [5, 5.41) is 14.3. The van der Waals surface area contributed by atoms with E-state index in [1.807, 2.05) is 6.07 Å². The van der Waals surface area contributed by atoms with Crippen LogP contribution in [-0.2, 0) is 4.79 Å². The summed E-state index contributed by atoms with van der Waals surface area (Å²) >= 11 is 5.81. The second kappa shape index (κ2) is 6.57. The van der Waals surface area contributed by atoms with Gasteiger partial charge in [0.1, 0.15) is 5.82 Å². The number of benzene rings is 1. The van der Waals surface area contributed by atoms with Gasteiger partial charge in [-0.1, -0.05) is 11.6 Å². The van der Waals surface area contributed by atoms with E-state index in [0.717, 1.165) is 18.5 Å². The smallest absolute Gasteiger partial charge is 0.234 e. The molecular weight excluding hydrogens is 357 g/mol. The number of carbonyl (C=O) groups excluding carboxylic acids is 1. The lowest BCUT2D eigenvalue weighted by Gasteiger charge is -2.08. The van der Waals surface area contributed by atoms with Gasteiger partial charge >= 0.3 is 0 Å². The van der Waals surface area contributed by atoms with E-state index in [0.29, 0.717) is 23.1 Å². The van der Waals surface area contributed by atoms with Crippen LogP contribution in [0.25, 0.3) is 5.69 Å². The summed E-state index contributed by atoms with van der Waals surface area (Å²) in [5.41, 5.74) is 2.28. The molecule has 1 aliphatic carbocycles. The number of hydrogen-bond donors (Lipinski definition) is 2. The Morgan fingerprint density at radius 2 is 2.19 bits per heavy atom. The zero-order chi connectivity index (χ0) is 18.3. The molecule has 4 rings (SSSR count). The number of rotatable bonds is 5. The van der Waals surface area contributed by atoms with Gasteiger partial charge in [-0.15, -0.1) is 0 Å². The van der Waals surface area contributed by atoms with Gasteiger partial charge < -0.3 is 5.32 Å². The molecule has 134 valence electrons. The summed E-state index contributed by atoms with van der Waals surface area (Å²) in [6.45, 7) is 1.77. The van der Waals surface area contributed by atoms with Crippen molar-refractivity contribution in [1.82, 2.24) is 20.0 Å². The molecular formula is C18H17ClFN5O. The van der Waals surface area contributed by atoms with Gasteiger partial charge in [-0.25, -0.2) is 9.07 Å². The normalized spacial score (nSPS) is 15.0. The van der Waals surface area contributed by atoms with Gasteiger partial charge in [-0.2, -0.15) is 10.2 Å². The van der Waals surface area contributed by atoms with E-state index in [-0.39, 0.29) is 10.9 Å². The Labute approximate surface area is 154 Å².